The molecule has 0 saturated heterocycles. The van der Waals surface area contributed by atoms with Crippen molar-refractivity contribution in [2.45, 2.75) is 25.4 Å². The first-order valence-corrected chi connectivity index (χ1v) is 12.6. The Labute approximate surface area is 219 Å². The molecule has 0 saturated carbocycles. The Balaban J connectivity index is 1.51. The number of benzene rings is 3. The van der Waals surface area contributed by atoms with Crippen molar-refractivity contribution in [1.82, 2.24) is 25.2 Å². The minimum absolute atomic E-state index is 0.172. The van der Waals surface area contributed by atoms with Gasteiger partial charge in [-0.3, -0.25) is 4.79 Å². The lowest BCUT2D eigenvalue weighted by Crippen LogP contribution is -2.38. The van der Waals surface area contributed by atoms with Gasteiger partial charge >= 0.3 is 0 Å². The summed E-state index contributed by atoms with van der Waals surface area (Å²) in [6.07, 6.45) is 1.95. The lowest BCUT2D eigenvalue weighted by molar-refractivity contribution is 0.414. The largest absolute Gasteiger partial charge is 0.497 e. The molecule has 1 aliphatic heterocycles. The van der Waals surface area contributed by atoms with Gasteiger partial charge in [0.2, 0.25) is 0 Å². The second-order valence-electron chi connectivity index (χ2n) is 9.38. The van der Waals surface area contributed by atoms with Crippen molar-refractivity contribution in [3.63, 3.8) is 0 Å². The Bertz CT molecular complexity index is 1640. The van der Waals surface area contributed by atoms with Crippen LogP contribution in [0.2, 0.25) is 0 Å². The average molecular weight is 509 g/mol. The predicted molar refractivity (Wildman–Crippen MR) is 145 cm³/mol. The van der Waals surface area contributed by atoms with E-state index in [4.69, 9.17) is 9.47 Å². The smallest absolute Gasteiger partial charge is 0.254 e. The number of rotatable bonds is 7. The van der Waals surface area contributed by atoms with Crippen LogP contribution < -0.4 is 19.9 Å². The summed E-state index contributed by atoms with van der Waals surface area (Å²) in [7, 11) is 3.28. The fourth-order valence-corrected chi connectivity index (χ4v) is 5.23. The van der Waals surface area contributed by atoms with Crippen molar-refractivity contribution in [1.29, 1.82) is 0 Å². The van der Waals surface area contributed by atoms with Gasteiger partial charge < -0.3 is 19.4 Å². The zero-order valence-electron chi connectivity index (χ0n) is 21.3. The highest BCUT2D eigenvalue weighted by molar-refractivity contribution is 5.81. The van der Waals surface area contributed by atoms with Gasteiger partial charge in [0.05, 0.1) is 20.8 Å². The molecule has 0 amide bonds. The molecule has 38 heavy (non-hydrogen) atoms. The number of nitrogens with zero attached hydrogens (tertiary/aromatic N) is 5. The molecule has 0 bridgehead atoms. The second kappa shape index (κ2) is 10.0. The first-order valence-electron chi connectivity index (χ1n) is 12.6. The third-order valence-electron chi connectivity index (χ3n) is 7.13. The van der Waals surface area contributed by atoms with E-state index in [0.29, 0.717) is 17.9 Å². The van der Waals surface area contributed by atoms with Crippen LogP contribution in [0, 0.1) is 0 Å². The van der Waals surface area contributed by atoms with E-state index in [2.05, 4.69) is 43.6 Å². The van der Waals surface area contributed by atoms with Crippen molar-refractivity contribution < 1.29 is 9.47 Å². The molecule has 2 aromatic heterocycles. The highest BCUT2D eigenvalue weighted by atomic mass is 16.5. The number of nitrogens with one attached hydrogen (secondary N) is 1. The summed E-state index contributed by atoms with van der Waals surface area (Å²) in [5.41, 5.74) is 4.51. The van der Waals surface area contributed by atoms with Crippen LogP contribution in [0.4, 0.5) is 5.69 Å². The van der Waals surface area contributed by atoms with Crippen molar-refractivity contribution in [3.8, 4) is 11.5 Å². The number of fused-ring (bicyclic) bond motifs is 2. The van der Waals surface area contributed by atoms with Gasteiger partial charge in [-0.05, 0) is 76.9 Å². The molecule has 1 atom stereocenters. The first-order chi connectivity index (χ1) is 18.6. The van der Waals surface area contributed by atoms with E-state index in [0.717, 1.165) is 53.0 Å². The van der Waals surface area contributed by atoms with Crippen LogP contribution in [-0.2, 0) is 13.0 Å². The number of ether oxygens (including phenoxy) is 2. The molecule has 192 valence electrons. The molecule has 3 aromatic carbocycles. The Hall–Kier alpha value is -4.66. The van der Waals surface area contributed by atoms with E-state index in [1.165, 1.54) is 5.56 Å². The van der Waals surface area contributed by atoms with Gasteiger partial charge in [0.1, 0.15) is 17.5 Å². The maximum absolute atomic E-state index is 13.6. The lowest BCUT2D eigenvalue weighted by atomic mass is 9.96. The van der Waals surface area contributed by atoms with Crippen molar-refractivity contribution in [3.05, 3.63) is 106 Å². The zero-order valence-corrected chi connectivity index (χ0v) is 21.3. The Morgan fingerprint density at radius 1 is 0.974 bits per heavy atom. The van der Waals surface area contributed by atoms with Crippen LogP contribution in [0.15, 0.2) is 77.6 Å². The number of methoxy groups -OCH3 is 2. The summed E-state index contributed by atoms with van der Waals surface area (Å²) in [6, 6.07) is 23.2. The Morgan fingerprint density at radius 3 is 2.58 bits per heavy atom. The maximum atomic E-state index is 13.6. The molecule has 0 aliphatic carbocycles. The number of para-hydroxylation sites is 1. The number of pyridine rings is 1. The third-order valence-corrected chi connectivity index (χ3v) is 7.13. The van der Waals surface area contributed by atoms with Crippen molar-refractivity contribution in [2.24, 2.45) is 0 Å². The zero-order chi connectivity index (χ0) is 26.1. The minimum atomic E-state index is -0.496. The van der Waals surface area contributed by atoms with Gasteiger partial charge in [-0.2, -0.15) is 0 Å². The van der Waals surface area contributed by atoms with Crippen molar-refractivity contribution in [2.75, 3.05) is 25.7 Å². The van der Waals surface area contributed by atoms with E-state index < -0.39 is 6.04 Å². The van der Waals surface area contributed by atoms with Gasteiger partial charge in [-0.1, -0.05) is 30.3 Å². The molecule has 1 N–H and O–H groups in total. The first kappa shape index (κ1) is 23.7. The summed E-state index contributed by atoms with van der Waals surface area (Å²) >= 11 is 0. The maximum Gasteiger partial charge on any atom is 0.254 e. The monoisotopic (exact) mass is 508 g/mol. The minimum Gasteiger partial charge on any atom is -0.497 e. The van der Waals surface area contributed by atoms with E-state index in [-0.39, 0.29) is 5.56 Å². The summed E-state index contributed by atoms with van der Waals surface area (Å²) < 4.78 is 12.5. The van der Waals surface area contributed by atoms with E-state index in [1.807, 2.05) is 54.6 Å². The van der Waals surface area contributed by atoms with Crippen molar-refractivity contribution >= 4 is 16.6 Å². The van der Waals surface area contributed by atoms with Crippen LogP contribution >= 0.6 is 0 Å². The predicted octanol–water partition coefficient (Wildman–Crippen LogP) is 4.12. The fourth-order valence-electron chi connectivity index (χ4n) is 5.23. The van der Waals surface area contributed by atoms with Gasteiger partial charge in [0.15, 0.2) is 5.82 Å². The number of tetrazole rings is 1. The Morgan fingerprint density at radius 2 is 1.76 bits per heavy atom. The van der Waals surface area contributed by atoms with E-state index in [9.17, 15) is 4.79 Å². The SMILES string of the molecule is COc1ccc(Cn2nnnc2[C@H](c2cc3cc(OC)ccc3[nH]c2=O)N2CCCc3ccccc32)cc1. The van der Waals surface area contributed by atoms with Crippen LogP contribution in [-0.4, -0.2) is 46.0 Å². The number of anilines is 1. The van der Waals surface area contributed by atoms with Crippen LogP contribution in [0.5, 0.6) is 11.5 Å². The number of aromatic amines is 1. The molecular formula is C29H28N6O3. The van der Waals surface area contributed by atoms with Crippen LogP contribution in [0.25, 0.3) is 10.9 Å². The molecular weight excluding hydrogens is 480 g/mol. The number of hydrogen-bond acceptors (Lipinski definition) is 7. The summed E-state index contributed by atoms with van der Waals surface area (Å²) in [6.45, 7) is 1.23. The van der Waals surface area contributed by atoms with Gasteiger partial charge in [-0.25, -0.2) is 4.68 Å². The molecule has 9 heteroatoms. The molecule has 1 aliphatic rings. The molecule has 0 spiro atoms. The molecule has 0 unspecified atom stereocenters. The summed E-state index contributed by atoms with van der Waals surface area (Å²) in [5.74, 6) is 2.11. The number of aromatic nitrogens is 5. The fraction of sp³-hybridized carbons (Fsp3) is 0.241. The van der Waals surface area contributed by atoms with Gasteiger partial charge in [0.25, 0.3) is 5.56 Å². The number of aryl methyl sites for hydroxylation is 1. The van der Waals surface area contributed by atoms with Crippen LogP contribution in [0.3, 0.4) is 0 Å². The highest BCUT2D eigenvalue weighted by Gasteiger charge is 2.33. The molecule has 6 rings (SSSR count). The molecule has 0 radical (unpaired) electrons. The molecule has 9 nitrogen and oxygen atoms in total. The quantitative estimate of drug-likeness (QED) is 0.353. The summed E-state index contributed by atoms with van der Waals surface area (Å²) in [5, 5.41) is 13.7. The highest BCUT2D eigenvalue weighted by Crippen LogP contribution is 2.37. The molecule has 3 heterocycles. The molecule has 5 aromatic rings. The summed E-state index contributed by atoms with van der Waals surface area (Å²) in [4.78, 5) is 18.9. The van der Waals surface area contributed by atoms with Gasteiger partial charge in [-0.15, -0.1) is 5.10 Å². The number of hydrogen-bond donors (Lipinski definition) is 1. The normalized spacial score (nSPS) is 13.8. The Kier molecular flexibility index (Phi) is 6.25. The lowest BCUT2D eigenvalue weighted by Gasteiger charge is -2.37. The van der Waals surface area contributed by atoms with Gasteiger partial charge in [0, 0.05) is 28.7 Å². The standard InChI is InChI=1S/C29H28N6O3/c1-37-22-11-9-19(10-12-22)18-35-28(31-32-33-35)27(34-15-5-7-20-6-3-4-8-26(20)34)24-17-21-16-23(38-2)13-14-25(21)30-29(24)36/h3-4,6,8-14,16-17,27H,5,7,15,18H2,1-2H3,(H,30,36)/t27-/m0/s1. The second-order valence-corrected chi connectivity index (χ2v) is 9.38. The van der Waals surface area contributed by atoms with Crippen LogP contribution in [0.1, 0.15) is 35.0 Å². The van der Waals surface area contributed by atoms with E-state index in [1.54, 1.807) is 18.9 Å². The topological polar surface area (TPSA) is 98.2 Å². The third kappa shape index (κ3) is 4.36. The molecule has 0 fully saturated rings. The average Bonchev–Trinajstić information content (AvgIpc) is 3.41. The van der Waals surface area contributed by atoms with E-state index >= 15 is 0 Å². The number of H-pyrrole nitrogens is 1.